The fraction of sp³-hybridized carbons (Fsp3) is 0.415. The first-order valence-electron chi connectivity index (χ1n) is 18.5. The number of methoxy groups -OCH3 is 2. The summed E-state index contributed by atoms with van der Waals surface area (Å²) < 4.78 is 45.8. The van der Waals surface area contributed by atoms with E-state index in [1.165, 1.54) is 12.3 Å². The molecule has 1 aromatic heterocycles. The van der Waals surface area contributed by atoms with Gasteiger partial charge in [-0.2, -0.15) is 4.98 Å². The van der Waals surface area contributed by atoms with Gasteiger partial charge in [0, 0.05) is 24.0 Å². The number of anilines is 1. The van der Waals surface area contributed by atoms with E-state index < -0.39 is 60.4 Å². The summed E-state index contributed by atoms with van der Waals surface area (Å²) in [4.78, 5) is 46.6. The van der Waals surface area contributed by atoms with E-state index in [0.29, 0.717) is 30.8 Å². The molecule has 4 aromatic rings. The highest BCUT2D eigenvalue weighted by atomic mass is 19.1. The van der Waals surface area contributed by atoms with Gasteiger partial charge in [-0.15, -0.1) is 0 Å². The molecule has 0 unspecified atom stereocenters. The third kappa shape index (κ3) is 9.12. The van der Waals surface area contributed by atoms with Crippen LogP contribution in [0.4, 0.5) is 10.2 Å². The highest BCUT2D eigenvalue weighted by Crippen LogP contribution is 2.43. The van der Waals surface area contributed by atoms with Gasteiger partial charge >= 0.3 is 17.6 Å². The topological polar surface area (TPSA) is 176 Å². The van der Waals surface area contributed by atoms with E-state index in [9.17, 15) is 19.9 Å². The Bertz CT molecular complexity index is 1980. The summed E-state index contributed by atoms with van der Waals surface area (Å²) in [5.74, 6) is 0.124. The summed E-state index contributed by atoms with van der Waals surface area (Å²) in [6, 6.07) is 26.0. The fourth-order valence-electron chi connectivity index (χ4n) is 6.71. The molecule has 1 N–H and O–H groups in total. The molecule has 5 rings (SSSR count). The van der Waals surface area contributed by atoms with Crippen LogP contribution in [0.5, 0.6) is 11.5 Å². The molecule has 0 aliphatic carbocycles. The van der Waals surface area contributed by atoms with Crippen LogP contribution in [0.3, 0.4) is 0 Å². The Labute approximate surface area is 324 Å². The maximum atomic E-state index is 16.7. The van der Waals surface area contributed by atoms with Gasteiger partial charge in [0.25, 0.3) is 0 Å². The van der Waals surface area contributed by atoms with Gasteiger partial charge in [-0.1, -0.05) is 86.4 Å². The third-order valence-corrected chi connectivity index (χ3v) is 9.71. The minimum Gasteiger partial charge on any atom is -0.497 e. The Morgan fingerprint density at radius 3 is 2.02 bits per heavy atom. The molecule has 15 heteroatoms. The van der Waals surface area contributed by atoms with E-state index in [4.69, 9.17) is 23.7 Å². The van der Waals surface area contributed by atoms with E-state index in [1.54, 1.807) is 14.2 Å². The van der Waals surface area contributed by atoms with Crippen LogP contribution in [-0.4, -0.2) is 66.7 Å². The zero-order chi connectivity index (χ0) is 40.1. The normalized spacial score (nSPS) is 19.1. The summed E-state index contributed by atoms with van der Waals surface area (Å²) in [5, 5.41) is 7.12. The zero-order valence-corrected chi connectivity index (χ0v) is 31.9. The number of nitrogens with one attached hydrogen (secondary N) is 1. The van der Waals surface area contributed by atoms with Crippen LogP contribution in [0.15, 0.2) is 101 Å². The van der Waals surface area contributed by atoms with Crippen molar-refractivity contribution >= 4 is 17.8 Å². The second kappa shape index (κ2) is 19.1. The molecule has 1 fully saturated rings. The molecule has 3 aromatic carbocycles. The van der Waals surface area contributed by atoms with E-state index in [2.05, 4.69) is 20.3 Å². The van der Waals surface area contributed by atoms with Crippen LogP contribution < -0.4 is 20.5 Å². The van der Waals surface area contributed by atoms with Gasteiger partial charge in [-0.05, 0) is 65.4 Å². The number of benzene rings is 3. The largest absolute Gasteiger partial charge is 0.497 e. The molecule has 0 spiro atoms. The fourth-order valence-corrected chi connectivity index (χ4v) is 6.71. The number of hydrogen-bond acceptors (Lipinski definition) is 11. The third-order valence-electron chi connectivity index (χ3n) is 9.71. The van der Waals surface area contributed by atoms with Crippen LogP contribution in [0.1, 0.15) is 75.3 Å². The predicted octanol–water partition coefficient (Wildman–Crippen LogP) is 7.42. The lowest BCUT2D eigenvalue weighted by Crippen LogP contribution is -2.51. The molecule has 4 atom stereocenters. The summed E-state index contributed by atoms with van der Waals surface area (Å²) in [5.41, 5.74) is 7.66. The number of nitrogens with zero attached hydrogens (tertiary/aromatic N) is 5. The average Bonchev–Trinajstić information content (AvgIpc) is 3.49. The number of ether oxygens (including phenoxy) is 5. The molecule has 0 amide bonds. The van der Waals surface area contributed by atoms with Gasteiger partial charge < -0.3 is 29.0 Å². The first-order chi connectivity index (χ1) is 27.1. The van der Waals surface area contributed by atoms with Gasteiger partial charge in [0.1, 0.15) is 29.5 Å². The standard InChI is InChI=1S/C41H47FN6O8/c1-5-7-14-34(49)54-27-40(26-44-47-43)37(55-35(50)15-8-6-2)36(42)38(56-40)48-25-24-33(45-39(48)51)46-41(28-12-10-9-11-13-28,29-16-20-31(52-3)21-17-29)30-18-22-32(53-4)23-19-30/h9-13,16-25,36-38H,5-8,14-15,26-27H2,1-4H3,(H,45,46,51)/t36-,37+,38-,40-/m1/s1. The van der Waals surface area contributed by atoms with E-state index in [1.807, 2.05) is 92.7 Å². The van der Waals surface area contributed by atoms with Crippen molar-refractivity contribution in [3.05, 3.63) is 129 Å². The minimum absolute atomic E-state index is 0.00824. The lowest BCUT2D eigenvalue weighted by Gasteiger charge is -2.37. The number of rotatable bonds is 19. The van der Waals surface area contributed by atoms with Crippen LogP contribution in [0, 0.1) is 0 Å². The van der Waals surface area contributed by atoms with Crippen molar-refractivity contribution in [2.24, 2.45) is 5.11 Å². The number of alkyl halides is 1. The van der Waals surface area contributed by atoms with E-state index >= 15 is 4.39 Å². The van der Waals surface area contributed by atoms with Crippen LogP contribution >= 0.6 is 0 Å². The number of aromatic nitrogens is 2. The Balaban J connectivity index is 1.57. The van der Waals surface area contributed by atoms with Crippen LogP contribution in [0.2, 0.25) is 0 Å². The van der Waals surface area contributed by atoms with Crippen molar-refractivity contribution in [1.29, 1.82) is 0 Å². The highest BCUT2D eigenvalue weighted by Gasteiger charge is 2.59. The molecule has 1 saturated heterocycles. The van der Waals surface area contributed by atoms with E-state index in [0.717, 1.165) is 27.7 Å². The average molecular weight is 771 g/mol. The predicted molar refractivity (Wildman–Crippen MR) is 206 cm³/mol. The van der Waals surface area contributed by atoms with Crippen LogP contribution in [-0.2, 0) is 29.3 Å². The Kier molecular flexibility index (Phi) is 14.1. The number of halogens is 1. The maximum Gasteiger partial charge on any atom is 0.351 e. The number of unbranched alkanes of at least 4 members (excludes halogenated alkanes) is 2. The molecule has 2 heterocycles. The summed E-state index contributed by atoms with van der Waals surface area (Å²) in [7, 11) is 3.16. The Hall–Kier alpha value is -5.92. The van der Waals surface area contributed by atoms with Gasteiger partial charge in [-0.3, -0.25) is 14.2 Å². The molecule has 0 saturated carbocycles. The lowest BCUT2D eigenvalue weighted by atomic mass is 9.77. The second-order valence-corrected chi connectivity index (χ2v) is 13.4. The first-order valence-corrected chi connectivity index (χ1v) is 18.5. The van der Waals surface area contributed by atoms with Crippen molar-refractivity contribution in [2.45, 2.75) is 82.0 Å². The quantitative estimate of drug-likeness (QED) is 0.0332. The molecule has 14 nitrogen and oxygen atoms in total. The number of azide groups is 1. The van der Waals surface area contributed by atoms with Crippen molar-refractivity contribution in [2.75, 3.05) is 32.7 Å². The number of carbonyl (C=O) groups excluding carboxylic acids is 2. The molecule has 1 aliphatic rings. The highest BCUT2D eigenvalue weighted by molar-refractivity contribution is 5.70. The van der Waals surface area contributed by atoms with Gasteiger partial charge in [-0.25, -0.2) is 9.18 Å². The number of esters is 2. The van der Waals surface area contributed by atoms with Crippen molar-refractivity contribution in [1.82, 2.24) is 9.55 Å². The summed E-state index contributed by atoms with van der Waals surface area (Å²) >= 11 is 0. The van der Waals surface area contributed by atoms with E-state index in [-0.39, 0.29) is 18.7 Å². The molecule has 0 bridgehead atoms. The monoisotopic (exact) mass is 770 g/mol. The lowest BCUT2D eigenvalue weighted by molar-refractivity contribution is -0.176. The zero-order valence-electron chi connectivity index (χ0n) is 31.9. The molecule has 0 radical (unpaired) electrons. The van der Waals surface area contributed by atoms with Gasteiger partial charge in [0.05, 0.1) is 20.8 Å². The van der Waals surface area contributed by atoms with Crippen molar-refractivity contribution < 1.29 is 37.7 Å². The van der Waals surface area contributed by atoms with Crippen LogP contribution in [0.25, 0.3) is 10.4 Å². The number of hydrogen-bond donors (Lipinski definition) is 1. The maximum absolute atomic E-state index is 16.7. The molecule has 56 heavy (non-hydrogen) atoms. The second-order valence-electron chi connectivity index (χ2n) is 13.4. The molecular formula is C41H47FN6O8. The smallest absolute Gasteiger partial charge is 0.351 e. The molecular weight excluding hydrogens is 723 g/mol. The molecule has 1 aliphatic heterocycles. The Morgan fingerprint density at radius 2 is 1.48 bits per heavy atom. The van der Waals surface area contributed by atoms with Crippen molar-refractivity contribution in [3.8, 4) is 11.5 Å². The SMILES string of the molecule is CCCCC(=O)OC[C@@]1(CN=[N+]=[N-])O[C@@H](n2ccc(NC(c3ccccc3)(c3ccc(OC)cc3)c3ccc(OC)cc3)nc2=O)[C@H](F)[C@@H]1OC(=O)CCCC. The number of carbonyl (C=O) groups is 2. The Morgan fingerprint density at radius 1 is 0.911 bits per heavy atom. The molecule has 296 valence electrons. The minimum atomic E-state index is -2.15. The van der Waals surface area contributed by atoms with Gasteiger partial charge in [0.2, 0.25) is 0 Å². The van der Waals surface area contributed by atoms with Gasteiger partial charge in [0.15, 0.2) is 24.1 Å². The summed E-state index contributed by atoms with van der Waals surface area (Å²) in [6.45, 7) is 2.64. The first kappa shape index (κ1) is 41.2. The summed E-state index contributed by atoms with van der Waals surface area (Å²) in [6.07, 6.45) is -1.69. The van der Waals surface area contributed by atoms with Crippen molar-refractivity contribution in [3.63, 3.8) is 0 Å².